The standard InChI is InChI=1S/C21H16F3N3O4/c1-30-18-7-4-14(21(22,23)24)12-17(18)20(29)27-26-19(28)13-2-5-15(6-3-13)31-16-8-10-25-11-9-16/h2-12H,1H3,(H,26,28)(H,27,29). The Hall–Kier alpha value is -4.08. The smallest absolute Gasteiger partial charge is 0.416 e. The zero-order chi connectivity index (χ0) is 22.4. The second-order valence-corrected chi connectivity index (χ2v) is 6.13. The van der Waals surface area contributed by atoms with Crippen LogP contribution in [0, 0.1) is 0 Å². The number of nitrogens with zero attached hydrogens (tertiary/aromatic N) is 1. The zero-order valence-corrected chi connectivity index (χ0v) is 16.1. The van der Waals surface area contributed by atoms with Gasteiger partial charge in [-0.2, -0.15) is 13.2 Å². The first-order chi connectivity index (χ1) is 14.8. The maximum atomic E-state index is 12.9. The molecular weight excluding hydrogens is 415 g/mol. The molecule has 3 aromatic rings. The van der Waals surface area contributed by atoms with E-state index >= 15 is 0 Å². The molecule has 160 valence electrons. The lowest BCUT2D eigenvalue weighted by Gasteiger charge is -2.13. The van der Waals surface area contributed by atoms with Crippen LogP contribution < -0.4 is 20.3 Å². The molecule has 0 bridgehead atoms. The molecule has 3 rings (SSSR count). The minimum Gasteiger partial charge on any atom is -0.496 e. The number of methoxy groups -OCH3 is 1. The van der Waals surface area contributed by atoms with Gasteiger partial charge < -0.3 is 9.47 Å². The van der Waals surface area contributed by atoms with E-state index in [-0.39, 0.29) is 16.9 Å². The summed E-state index contributed by atoms with van der Waals surface area (Å²) >= 11 is 0. The van der Waals surface area contributed by atoms with Gasteiger partial charge in [0.25, 0.3) is 11.8 Å². The van der Waals surface area contributed by atoms with Crippen LogP contribution in [0.15, 0.2) is 67.0 Å². The van der Waals surface area contributed by atoms with Crippen LogP contribution in [0.5, 0.6) is 17.2 Å². The highest BCUT2D eigenvalue weighted by molar-refractivity contribution is 6.00. The second kappa shape index (κ2) is 9.16. The average Bonchev–Trinajstić information content (AvgIpc) is 2.77. The van der Waals surface area contributed by atoms with Crippen molar-refractivity contribution in [3.63, 3.8) is 0 Å². The molecule has 0 radical (unpaired) electrons. The van der Waals surface area contributed by atoms with Crippen molar-refractivity contribution in [2.75, 3.05) is 7.11 Å². The fraction of sp³-hybridized carbons (Fsp3) is 0.0952. The molecule has 0 aliphatic rings. The minimum absolute atomic E-state index is 0.0719. The van der Waals surface area contributed by atoms with Gasteiger partial charge in [0.1, 0.15) is 17.2 Å². The highest BCUT2D eigenvalue weighted by Crippen LogP contribution is 2.32. The number of halogens is 3. The summed E-state index contributed by atoms with van der Waals surface area (Å²) in [5.74, 6) is -0.670. The fourth-order valence-electron chi connectivity index (χ4n) is 2.53. The Balaban J connectivity index is 1.64. The highest BCUT2D eigenvalue weighted by atomic mass is 19.4. The SMILES string of the molecule is COc1ccc(C(F)(F)F)cc1C(=O)NNC(=O)c1ccc(Oc2ccncc2)cc1. The van der Waals surface area contributed by atoms with E-state index in [1.54, 1.807) is 36.7 Å². The first-order valence-corrected chi connectivity index (χ1v) is 8.82. The summed E-state index contributed by atoms with van der Waals surface area (Å²) in [6.07, 6.45) is -1.50. The number of aromatic nitrogens is 1. The fourth-order valence-corrected chi connectivity index (χ4v) is 2.53. The predicted octanol–water partition coefficient (Wildman–Crippen LogP) is 3.98. The first-order valence-electron chi connectivity index (χ1n) is 8.82. The maximum absolute atomic E-state index is 12.9. The molecule has 7 nitrogen and oxygen atoms in total. The predicted molar refractivity (Wildman–Crippen MR) is 104 cm³/mol. The van der Waals surface area contributed by atoms with Crippen molar-refractivity contribution in [2.45, 2.75) is 6.18 Å². The summed E-state index contributed by atoms with van der Waals surface area (Å²) in [5, 5.41) is 0. The van der Waals surface area contributed by atoms with Crippen molar-refractivity contribution in [3.05, 3.63) is 83.7 Å². The van der Waals surface area contributed by atoms with E-state index < -0.39 is 23.6 Å². The van der Waals surface area contributed by atoms with Crippen LogP contribution in [0.2, 0.25) is 0 Å². The van der Waals surface area contributed by atoms with Crippen molar-refractivity contribution in [2.24, 2.45) is 0 Å². The van der Waals surface area contributed by atoms with Crippen molar-refractivity contribution in [1.29, 1.82) is 0 Å². The number of amides is 2. The lowest BCUT2D eigenvalue weighted by atomic mass is 10.1. The van der Waals surface area contributed by atoms with Gasteiger partial charge in [0, 0.05) is 18.0 Å². The van der Waals surface area contributed by atoms with E-state index in [0.29, 0.717) is 17.6 Å². The van der Waals surface area contributed by atoms with Gasteiger partial charge in [-0.1, -0.05) is 0 Å². The van der Waals surface area contributed by atoms with Gasteiger partial charge >= 0.3 is 6.18 Å². The Labute approximate surface area is 174 Å². The molecule has 0 saturated heterocycles. The first kappa shape index (κ1) is 21.6. The van der Waals surface area contributed by atoms with Gasteiger partial charge in [-0.25, -0.2) is 0 Å². The third-order valence-corrected chi connectivity index (χ3v) is 4.06. The molecule has 1 heterocycles. The summed E-state index contributed by atoms with van der Waals surface area (Å²) in [6.45, 7) is 0. The lowest BCUT2D eigenvalue weighted by Crippen LogP contribution is -2.41. The Morgan fingerprint density at radius 1 is 0.871 bits per heavy atom. The van der Waals surface area contributed by atoms with Crippen molar-refractivity contribution in [1.82, 2.24) is 15.8 Å². The van der Waals surface area contributed by atoms with Gasteiger partial charge in [-0.15, -0.1) is 0 Å². The van der Waals surface area contributed by atoms with E-state index in [4.69, 9.17) is 9.47 Å². The minimum atomic E-state index is -4.63. The Bertz CT molecular complexity index is 1070. The quantitative estimate of drug-likeness (QED) is 0.597. The number of carbonyl (C=O) groups excluding carboxylic acids is 2. The van der Waals surface area contributed by atoms with Crippen LogP contribution in [-0.4, -0.2) is 23.9 Å². The van der Waals surface area contributed by atoms with E-state index in [1.165, 1.54) is 19.2 Å². The molecule has 0 unspecified atom stereocenters. The number of alkyl halides is 3. The maximum Gasteiger partial charge on any atom is 0.416 e. The summed E-state index contributed by atoms with van der Waals surface area (Å²) in [7, 11) is 1.22. The summed E-state index contributed by atoms with van der Waals surface area (Å²) < 4.78 is 49.3. The van der Waals surface area contributed by atoms with Gasteiger partial charge in [-0.3, -0.25) is 25.4 Å². The summed E-state index contributed by atoms with van der Waals surface area (Å²) in [4.78, 5) is 28.4. The molecule has 0 atom stereocenters. The number of pyridine rings is 1. The summed E-state index contributed by atoms with van der Waals surface area (Å²) in [5.41, 5.74) is 3.03. The van der Waals surface area contributed by atoms with Gasteiger partial charge in [0.05, 0.1) is 18.2 Å². The molecule has 10 heteroatoms. The Morgan fingerprint density at radius 2 is 1.48 bits per heavy atom. The van der Waals surface area contributed by atoms with Gasteiger partial charge in [0.2, 0.25) is 0 Å². The lowest BCUT2D eigenvalue weighted by molar-refractivity contribution is -0.137. The van der Waals surface area contributed by atoms with Gasteiger partial charge in [0.15, 0.2) is 0 Å². The monoisotopic (exact) mass is 431 g/mol. The van der Waals surface area contributed by atoms with Crippen LogP contribution in [0.3, 0.4) is 0 Å². The second-order valence-electron chi connectivity index (χ2n) is 6.13. The van der Waals surface area contributed by atoms with Crippen LogP contribution in [0.4, 0.5) is 13.2 Å². The van der Waals surface area contributed by atoms with Crippen LogP contribution in [0.1, 0.15) is 26.3 Å². The third kappa shape index (κ3) is 5.50. The van der Waals surface area contributed by atoms with Crippen LogP contribution in [-0.2, 0) is 6.18 Å². The molecule has 2 amide bonds. The molecule has 1 aromatic heterocycles. The number of hydrazine groups is 1. The highest BCUT2D eigenvalue weighted by Gasteiger charge is 2.32. The van der Waals surface area contributed by atoms with E-state index in [9.17, 15) is 22.8 Å². The largest absolute Gasteiger partial charge is 0.496 e. The molecule has 0 aliphatic heterocycles. The molecular formula is C21H16F3N3O4. The van der Waals surface area contributed by atoms with Gasteiger partial charge in [-0.05, 0) is 54.6 Å². The molecule has 0 saturated carbocycles. The zero-order valence-electron chi connectivity index (χ0n) is 16.1. The Morgan fingerprint density at radius 3 is 2.10 bits per heavy atom. The van der Waals surface area contributed by atoms with E-state index in [0.717, 1.165) is 12.1 Å². The number of carbonyl (C=O) groups is 2. The number of benzene rings is 2. The number of nitrogens with one attached hydrogen (secondary N) is 2. The topological polar surface area (TPSA) is 89.6 Å². The van der Waals surface area contributed by atoms with E-state index in [2.05, 4.69) is 15.8 Å². The van der Waals surface area contributed by atoms with Crippen LogP contribution >= 0.6 is 0 Å². The van der Waals surface area contributed by atoms with Crippen molar-refractivity contribution >= 4 is 11.8 Å². The van der Waals surface area contributed by atoms with Crippen molar-refractivity contribution < 1.29 is 32.2 Å². The molecule has 2 N–H and O–H groups in total. The third-order valence-electron chi connectivity index (χ3n) is 4.06. The molecule has 0 spiro atoms. The number of ether oxygens (including phenoxy) is 2. The van der Waals surface area contributed by atoms with Crippen molar-refractivity contribution in [3.8, 4) is 17.2 Å². The number of rotatable bonds is 5. The number of hydrogen-bond acceptors (Lipinski definition) is 5. The molecule has 0 fully saturated rings. The summed E-state index contributed by atoms with van der Waals surface area (Å²) in [6, 6.07) is 11.8. The molecule has 0 aliphatic carbocycles. The number of hydrogen-bond donors (Lipinski definition) is 2. The van der Waals surface area contributed by atoms with Crippen LogP contribution in [0.25, 0.3) is 0 Å². The normalized spacial score (nSPS) is 10.8. The van der Waals surface area contributed by atoms with E-state index in [1.807, 2.05) is 0 Å². The molecule has 31 heavy (non-hydrogen) atoms. The Kier molecular flexibility index (Phi) is 6.39. The molecule has 2 aromatic carbocycles. The average molecular weight is 431 g/mol.